The molecule has 2 nitrogen and oxygen atoms in total. The molecule has 1 fully saturated rings. The van der Waals surface area contributed by atoms with Gasteiger partial charge in [-0.25, -0.2) is 4.39 Å². The van der Waals surface area contributed by atoms with Gasteiger partial charge in [0.15, 0.2) is 0 Å². The van der Waals surface area contributed by atoms with Gasteiger partial charge < -0.3 is 10.4 Å². The molecule has 1 aliphatic carbocycles. The third-order valence-electron chi connectivity index (χ3n) is 4.11. The highest BCUT2D eigenvalue weighted by atomic mass is 19.1. The zero-order valence-corrected chi connectivity index (χ0v) is 11.6. The largest absolute Gasteiger partial charge is 0.392 e. The van der Waals surface area contributed by atoms with Crippen molar-refractivity contribution in [2.75, 3.05) is 6.54 Å². The van der Waals surface area contributed by atoms with E-state index in [9.17, 15) is 9.50 Å². The summed E-state index contributed by atoms with van der Waals surface area (Å²) in [6.07, 6.45) is 5.65. The third-order valence-corrected chi connectivity index (χ3v) is 4.11. The van der Waals surface area contributed by atoms with E-state index in [0.29, 0.717) is 18.0 Å². The van der Waals surface area contributed by atoms with Crippen molar-refractivity contribution in [3.05, 3.63) is 35.6 Å². The van der Waals surface area contributed by atoms with Crippen LogP contribution in [0.4, 0.5) is 4.39 Å². The molecule has 3 heteroatoms. The lowest BCUT2D eigenvalue weighted by atomic mass is 9.99. The maximum absolute atomic E-state index is 13.6. The van der Waals surface area contributed by atoms with Crippen LogP contribution in [-0.4, -0.2) is 17.8 Å². The van der Waals surface area contributed by atoms with E-state index in [-0.39, 0.29) is 18.0 Å². The number of hydrogen-bond donors (Lipinski definition) is 2. The number of hydrogen-bond acceptors (Lipinski definition) is 2. The Hall–Kier alpha value is -0.930. The number of benzene rings is 1. The van der Waals surface area contributed by atoms with Gasteiger partial charge in [0.05, 0.1) is 6.10 Å². The molecule has 0 saturated heterocycles. The molecule has 0 bridgehead atoms. The van der Waals surface area contributed by atoms with Crippen molar-refractivity contribution in [3.63, 3.8) is 0 Å². The number of halogens is 1. The second-order valence-corrected chi connectivity index (χ2v) is 5.69. The van der Waals surface area contributed by atoms with Gasteiger partial charge >= 0.3 is 0 Å². The molecule has 1 aliphatic rings. The van der Waals surface area contributed by atoms with Gasteiger partial charge in [-0.15, -0.1) is 0 Å². The molecule has 2 N–H and O–H groups in total. The Morgan fingerprint density at radius 1 is 1.32 bits per heavy atom. The molecule has 2 unspecified atom stereocenters. The van der Waals surface area contributed by atoms with Crippen LogP contribution in [0.2, 0.25) is 0 Å². The van der Waals surface area contributed by atoms with Crippen molar-refractivity contribution >= 4 is 0 Å². The molecule has 0 aromatic heterocycles. The summed E-state index contributed by atoms with van der Waals surface area (Å²) in [5, 5.41) is 13.2. The van der Waals surface area contributed by atoms with Gasteiger partial charge in [0, 0.05) is 18.2 Å². The van der Waals surface area contributed by atoms with E-state index in [2.05, 4.69) is 5.32 Å². The van der Waals surface area contributed by atoms with E-state index in [4.69, 9.17) is 0 Å². The Morgan fingerprint density at radius 3 is 2.68 bits per heavy atom. The number of aliphatic hydroxyl groups excluding tert-OH is 1. The summed E-state index contributed by atoms with van der Waals surface area (Å²) >= 11 is 0. The molecule has 0 spiro atoms. The minimum Gasteiger partial charge on any atom is -0.392 e. The van der Waals surface area contributed by atoms with Crippen LogP contribution < -0.4 is 5.32 Å². The summed E-state index contributed by atoms with van der Waals surface area (Å²) in [4.78, 5) is 0. The van der Waals surface area contributed by atoms with Gasteiger partial charge in [-0.3, -0.25) is 0 Å². The fourth-order valence-electron chi connectivity index (χ4n) is 2.96. The van der Waals surface area contributed by atoms with Gasteiger partial charge in [-0.2, -0.15) is 0 Å². The number of aliphatic hydroxyl groups is 1. The summed E-state index contributed by atoms with van der Waals surface area (Å²) in [6, 6.07) is 6.73. The van der Waals surface area contributed by atoms with Crippen molar-refractivity contribution in [2.45, 2.75) is 51.2 Å². The van der Waals surface area contributed by atoms with Crippen molar-refractivity contribution in [2.24, 2.45) is 5.92 Å². The molecule has 0 heterocycles. The first kappa shape index (κ1) is 14.5. The summed E-state index contributed by atoms with van der Waals surface area (Å²) < 4.78 is 13.6. The first-order valence-electron chi connectivity index (χ1n) is 7.32. The molecule has 106 valence electrons. The van der Waals surface area contributed by atoms with Crippen LogP contribution in [0.5, 0.6) is 0 Å². The molecular formula is C16H24FNO. The topological polar surface area (TPSA) is 32.3 Å². The maximum Gasteiger partial charge on any atom is 0.127 e. The van der Waals surface area contributed by atoms with Crippen molar-refractivity contribution < 1.29 is 9.50 Å². The van der Waals surface area contributed by atoms with Crippen molar-refractivity contribution in [1.82, 2.24) is 5.32 Å². The second-order valence-electron chi connectivity index (χ2n) is 5.69. The molecular weight excluding hydrogens is 241 g/mol. The fraction of sp³-hybridized carbons (Fsp3) is 0.625. The molecule has 1 aromatic rings. The lowest BCUT2D eigenvalue weighted by Gasteiger charge is -2.20. The molecule has 0 radical (unpaired) electrons. The Labute approximate surface area is 115 Å². The normalized spacial score (nSPS) is 19.5. The van der Waals surface area contributed by atoms with Crippen LogP contribution in [0, 0.1) is 11.7 Å². The second kappa shape index (κ2) is 7.01. The quantitative estimate of drug-likeness (QED) is 0.826. The minimum absolute atomic E-state index is 0.0700. The highest BCUT2D eigenvalue weighted by Crippen LogP contribution is 2.28. The van der Waals surface area contributed by atoms with Crippen LogP contribution in [0.3, 0.4) is 0 Å². The number of rotatable bonds is 6. The zero-order chi connectivity index (χ0) is 13.7. The molecule has 19 heavy (non-hydrogen) atoms. The summed E-state index contributed by atoms with van der Waals surface area (Å²) in [5.74, 6) is 0.494. The predicted molar refractivity (Wildman–Crippen MR) is 75.4 cm³/mol. The first-order valence-corrected chi connectivity index (χ1v) is 7.32. The molecule has 0 amide bonds. The van der Waals surface area contributed by atoms with Crippen LogP contribution in [-0.2, 0) is 0 Å². The Kier molecular flexibility index (Phi) is 5.34. The van der Waals surface area contributed by atoms with Crippen LogP contribution >= 0.6 is 0 Å². The fourth-order valence-corrected chi connectivity index (χ4v) is 2.96. The SMILES string of the molecule is CC(NCC(O)CC1CCCC1)c1ccccc1F. The minimum atomic E-state index is -0.322. The van der Waals surface area contributed by atoms with Crippen LogP contribution in [0.1, 0.15) is 50.6 Å². The van der Waals surface area contributed by atoms with Crippen LogP contribution in [0.25, 0.3) is 0 Å². The number of nitrogens with one attached hydrogen (secondary N) is 1. The third kappa shape index (κ3) is 4.29. The van der Waals surface area contributed by atoms with Gasteiger partial charge in [0.1, 0.15) is 5.82 Å². The monoisotopic (exact) mass is 265 g/mol. The van der Waals surface area contributed by atoms with Crippen LogP contribution in [0.15, 0.2) is 24.3 Å². The van der Waals surface area contributed by atoms with E-state index >= 15 is 0 Å². The lowest BCUT2D eigenvalue weighted by Crippen LogP contribution is -2.30. The molecule has 1 saturated carbocycles. The van der Waals surface area contributed by atoms with E-state index < -0.39 is 0 Å². The summed E-state index contributed by atoms with van der Waals surface area (Å²) in [7, 11) is 0. The highest BCUT2D eigenvalue weighted by molar-refractivity contribution is 5.20. The average Bonchev–Trinajstić information content (AvgIpc) is 2.89. The molecule has 2 rings (SSSR count). The van der Waals surface area contributed by atoms with Crippen molar-refractivity contribution in [1.29, 1.82) is 0 Å². The Bertz CT molecular complexity index is 390. The predicted octanol–water partition coefficient (Wildman–Crippen LogP) is 3.42. The maximum atomic E-state index is 13.6. The highest BCUT2D eigenvalue weighted by Gasteiger charge is 2.19. The zero-order valence-electron chi connectivity index (χ0n) is 11.6. The standard InChI is InChI=1S/C16H24FNO/c1-12(15-8-4-5-9-16(15)17)18-11-14(19)10-13-6-2-3-7-13/h4-5,8-9,12-14,18-19H,2-3,6-7,10-11H2,1H3. The van der Waals surface area contributed by atoms with E-state index in [1.165, 1.54) is 31.7 Å². The van der Waals surface area contributed by atoms with E-state index in [0.717, 1.165) is 6.42 Å². The first-order chi connectivity index (χ1) is 9.16. The smallest absolute Gasteiger partial charge is 0.127 e. The Balaban J connectivity index is 1.76. The van der Waals surface area contributed by atoms with E-state index in [1.807, 2.05) is 13.0 Å². The van der Waals surface area contributed by atoms with Crippen molar-refractivity contribution in [3.8, 4) is 0 Å². The molecule has 2 atom stereocenters. The van der Waals surface area contributed by atoms with Gasteiger partial charge in [-0.1, -0.05) is 43.9 Å². The van der Waals surface area contributed by atoms with Gasteiger partial charge in [0.25, 0.3) is 0 Å². The van der Waals surface area contributed by atoms with Gasteiger partial charge in [0.2, 0.25) is 0 Å². The van der Waals surface area contributed by atoms with Gasteiger partial charge in [-0.05, 0) is 25.3 Å². The summed E-state index contributed by atoms with van der Waals surface area (Å²) in [5.41, 5.74) is 0.663. The summed E-state index contributed by atoms with van der Waals surface area (Å²) in [6.45, 7) is 2.46. The lowest BCUT2D eigenvalue weighted by molar-refractivity contribution is 0.137. The Morgan fingerprint density at radius 2 is 2.00 bits per heavy atom. The van der Waals surface area contributed by atoms with E-state index in [1.54, 1.807) is 12.1 Å². The molecule has 1 aromatic carbocycles. The molecule has 0 aliphatic heterocycles. The average molecular weight is 265 g/mol.